The maximum Gasteiger partial charge on any atom is 0.208 e. The van der Waals surface area contributed by atoms with E-state index in [-0.39, 0.29) is 6.04 Å². The van der Waals surface area contributed by atoms with E-state index in [4.69, 9.17) is 16.0 Å². The van der Waals surface area contributed by atoms with Crippen LogP contribution in [0.2, 0.25) is 5.02 Å². The first-order chi connectivity index (χ1) is 13.3. The van der Waals surface area contributed by atoms with E-state index in [1.807, 2.05) is 36.4 Å². The topological polar surface area (TPSA) is 38.1 Å². The monoisotopic (exact) mass is 374 g/mol. The van der Waals surface area contributed by atoms with Crippen LogP contribution in [-0.2, 0) is 6.54 Å². The smallest absolute Gasteiger partial charge is 0.208 e. The Kier molecular flexibility index (Phi) is 5.33. The van der Waals surface area contributed by atoms with Gasteiger partial charge in [0.05, 0.1) is 18.8 Å². The summed E-state index contributed by atoms with van der Waals surface area (Å²) < 4.78 is 5.92. The van der Waals surface area contributed by atoms with E-state index in [0.29, 0.717) is 17.5 Å². The summed E-state index contributed by atoms with van der Waals surface area (Å²) in [4.78, 5) is 4.41. The zero-order valence-corrected chi connectivity index (χ0v) is 15.4. The van der Waals surface area contributed by atoms with Crippen molar-refractivity contribution in [3.05, 3.63) is 113 Å². The third-order valence-electron chi connectivity index (χ3n) is 4.41. The molecule has 0 aliphatic heterocycles. The average Bonchev–Trinajstić information content (AvgIpc) is 3.19. The highest BCUT2D eigenvalue weighted by molar-refractivity contribution is 6.30. The van der Waals surface area contributed by atoms with Gasteiger partial charge in [-0.25, -0.2) is 4.98 Å². The molecule has 0 spiro atoms. The van der Waals surface area contributed by atoms with E-state index in [0.717, 1.165) is 11.3 Å². The summed E-state index contributed by atoms with van der Waals surface area (Å²) in [5, 5.41) is 4.27. The van der Waals surface area contributed by atoms with Crippen molar-refractivity contribution in [2.75, 3.05) is 0 Å². The van der Waals surface area contributed by atoms with Gasteiger partial charge in [0.15, 0.2) is 5.76 Å². The minimum absolute atomic E-state index is 0.0679. The second-order valence-corrected chi connectivity index (χ2v) is 6.70. The Morgan fingerprint density at radius 1 is 0.815 bits per heavy atom. The van der Waals surface area contributed by atoms with Gasteiger partial charge in [-0.05, 0) is 35.4 Å². The Morgan fingerprint density at radius 2 is 1.41 bits per heavy atom. The van der Waals surface area contributed by atoms with Gasteiger partial charge in [-0.15, -0.1) is 0 Å². The van der Waals surface area contributed by atoms with Crippen molar-refractivity contribution in [2.45, 2.75) is 12.6 Å². The van der Waals surface area contributed by atoms with Crippen LogP contribution in [0.1, 0.15) is 23.1 Å². The van der Waals surface area contributed by atoms with Crippen LogP contribution < -0.4 is 5.32 Å². The number of benzene rings is 3. The van der Waals surface area contributed by atoms with E-state index in [1.165, 1.54) is 11.1 Å². The molecule has 0 fully saturated rings. The fraction of sp³-hybridized carbons (Fsp3) is 0.0870. The lowest BCUT2D eigenvalue weighted by Gasteiger charge is -2.19. The zero-order chi connectivity index (χ0) is 18.5. The lowest BCUT2D eigenvalue weighted by atomic mass is 9.99. The molecule has 3 aromatic carbocycles. The molecule has 0 atom stereocenters. The fourth-order valence-corrected chi connectivity index (χ4v) is 3.17. The number of aromatic nitrogens is 1. The first-order valence-electron chi connectivity index (χ1n) is 8.83. The first kappa shape index (κ1) is 17.5. The van der Waals surface area contributed by atoms with Gasteiger partial charge in [0, 0.05) is 10.6 Å². The van der Waals surface area contributed by atoms with Gasteiger partial charge in [-0.3, -0.25) is 5.32 Å². The van der Waals surface area contributed by atoms with Crippen molar-refractivity contribution in [3.63, 3.8) is 0 Å². The van der Waals surface area contributed by atoms with Crippen molar-refractivity contribution < 1.29 is 4.42 Å². The number of hydrogen-bond donors (Lipinski definition) is 1. The third-order valence-corrected chi connectivity index (χ3v) is 4.66. The molecule has 1 heterocycles. The molecule has 1 aromatic heterocycles. The molecule has 3 nitrogen and oxygen atoms in total. The predicted octanol–water partition coefficient (Wildman–Crippen LogP) is 5.87. The number of nitrogens with one attached hydrogen (secondary N) is 1. The van der Waals surface area contributed by atoms with Crippen molar-refractivity contribution >= 4 is 11.6 Å². The number of hydrogen-bond acceptors (Lipinski definition) is 3. The summed E-state index contributed by atoms with van der Waals surface area (Å²) >= 11 is 5.95. The van der Waals surface area contributed by atoms with E-state index < -0.39 is 0 Å². The molecule has 0 bridgehead atoms. The summed E-state index contributed by atoms with van der Waals surface area (Å²) in [7, 11) is 0. The van der Waals surface area contributed by atoms with Crippen LogP contribution in [0.4, 0.5) is 0 Å². The Balaban J connectivity index is 1.52. The van der Waals surface area contributed by atoms with Crippen LogP contribution in [0.25, 0.3) is 11.3 Å². The van der Waals surface area contributed by atoms with Crippen molar-refractivity contribution in [1.29, 1.82) is 0 Å². The molecule has 0 amide bonds. The van der Waals surface area contributed by atoms with Crippen LogP contribution in [0.15, 0.2) is 95.5 Å². The van der Waals surface area contributed by atoms with Crippen molar-refractivity contribution in [1.82, 2.24) is 10.3 Å². The summed E-state index contributed by atoms with van der Waals surface area (Å²) in [6.45, 7) is 0.530. The molecular formula is C23H19ClN2O. The van der Waals surface area contributed by atoms with Crippen LogP contribution in [0, 0.1) is 0 Å². The van der Waals surface area contributed by atoms with Crippen LogP contribution in [-0.4, -0.2) is 4.98 Å². The molecule has 4 rings (SSSR count). The quantitative estimate of drug-likeness (QED) is 0.458. The standard InChI is InChI=1S/C23H19ClN2O/c24-20-13-11-17(12-14-20)21-15-25-22(27-21)16-26-23(18-7-3-1-4-8-18)19-9-5-2-6-10-19/h1-15,23,26H,16H2. The third kappa shape index (κ3) is 4.27. The highest BCUT2D eigenvalue weighted by Crippen LogP contribution is 2.24. The molecule has 134 valence electrons. The molecule has 4 heteroatoms. The van der Waals surface area contributed by atoms with E-state index in [9.17, 15) is 0 Å². The lowest BCUT2D eigenvalue weighted by Crippen LogP contribution is -2.22. The molecule has 0 radical (unpaired) electrons. The van der Waals surface area contributed by atoms with Crippen LogP contribution in [0.5, 0.6) is 0 Å². The summed E-state index contributed by atoms with van der Waals surface area (Å²) in [5.74, 6) is 1.39. The molecule has 0 aliphatic rings. The van der Waals surface area contributed by atoms with Crippen molar-refractivity contribution in [2.24, 2.45) is 0 Å². The number of rotatable bonds is 6. The number of oxazole rings is 1. The second kappa shape index (κ2) is 8.21. The molecule has 0 unspecified atom stereocenters. The van der Waals surface area contributed by atoms with Crippen LogP contribution >= 0.6 is 11.6 Å². The van der Waals surface area contributed by atoms with Gasteiger partial charge in [-0.1, -0.05) is 72.3 Å². The van der Waals surface area contributed by atoms with E-state index >= 15 is 0 Å². The van der Waals surface area contributed by atoms with Gasteiger partial charge in [-0.2, -0.15) is 0 Å². The van der Waals surface area contributed by atoms with Gasteiger partial charge in [0.25, 0.3) is 0 Å². The van der Waals surface area contributed by atoms with E-state index in [1.54, 1.807) is 6.20 Å². The van der Waals surface area contributed by atoms with Gasteiger partial charge in [0.1, 0.15) is 0 Å². The lowest BCUT2D eigenvalue weighted by molar-refractivity contribution is 0.462. The Morgan fingerprint density at radius 3 is 2.00 bits per heavy atom. The van der Waals surface area contributed by atoms with Gasteiger partial charge < -0.3 is 4.42 Å². The van der Waals surface area contributed by atoms with E-state index in [2.05, 4.69) is 58.8 Å². The largest absolute Gasteiger partial charge is 0.439 e. The Labute approximate surface area is 163 Å². The molecule has 0 saturated heterocycles. The second-order valence-electron chi connectivity index (χ2n) is 6.26. The molecule has 4 aromatic rings. The maximum absolute atomic E-state index is 5.95. The molecular weight excluding hydrogens is 356 g/mol. The highest BCUT2D eigenvalue weighted by atomic mass is 35.5. The number of halogens is 1. The molecule has 1 N–H and O–H groups in total. The molecule has 0 saturated carbocycles. The molecule has 27 heavy (non-hydrogen) atoms. The van der Waals surface area contributed by atoms with Gasteiger partial charge >= 0.3 is 0 Å². The molecule has 0 aliphatic carbocycles. The first-order valence-corrected chi connectivity index (χ1v) is 9.21. The van der Waals surface area contributed by atoms with Crippen molar-refractivity contribution in [3.8, 4) is 11.3 Å². The summed E-state index contributed by atoms with van der Waals surface area (Å²) in [5.41, 5.74) is 3.36. The van der Waals surface area contributed by atoms with Crippen LogP contribution in [0.3, 0.4) is 0 Å². The highest BCUT2D eigenvalue weighted by Gasteiger charge is 2.15. The SMILES string of the molecule is Clc1ccc(-c2cnc(CNC(c3ccccc3)c3ccccc3)o2)cc1. The minimum Gasteiger partial charge on any atom is -0.439 e. The van der Waals surface area contributed by atoms with Gasteiger partial charge in [0.2, 0.25) is 5.89 Å². The Bertz CT molecular complexity index is 942. The average molecular weight is 375 g/mol. The summed E-state index contributed by atoms with van der Waals surface area (Å²) in [6, 6.07) is 28.4. The maximum atomic E-state index is 5.95. The predicted molar refractivity (Wildman–Crippen MR) is 109 cm³/mol. The Hall–Kier alpha value is -2.88. The fourth-order valence-electron chi connectivity index (χ4n) is 3.05. The zero-order valence-electron chi connectivity index (χ0n) is 14.7. The normalized spacial score (nSPS) is 11.0. The minimum atomic E-state index is 0.0679. The number of nitrogens with zero attached hydrogens (tertiary/aromatic N) is 1. The summed E-state index contributed by atoms with van der Waals surface area (Å²) in [6.07, 6.45) is 1.75.